The van der Waals surface area contributed by atoms with Crippen LogP contribution in [0.15, 0.2) is 29.6 Å². The fraction of sp³-hybridized carbons (Fsp3) is 0.167. The summed E-state index contributed by atoms with van der Waals surface area (Å²) in [5, 5.41) is 15.1. The van der Waals surface area contributed by atoms with E-state index in [2.05, 4.69) is 16.4 Å². The van der Waals surface area contributed by atoms with Crippen molar-refractivity contribution in [1.82, 2.24) is 4.98 Å². The highest BCUT2D eigenvalue weighted by Crippen LogP contribution is 2.13. The highest BCUT2D eigenvalue weighted by Gasteiger charge is 1.99. The van der Waals surface area contributed by atoms with Gasteiger partial charge in [0.15, 0.2) is 0 Å². The van der Waals surface area contributed by atoms with Crippen LogP contribution in [0.25, 0.3) is 0 Å². The molecule has 0 spiro atoms. The monoisotopic (exact) mass is 229 g/mol. The van der Waals surface area contributed by atoms with Gasteiger partial charge in [-0.2, -0.15) is 5.26 Å². The molecule has 0 radical (unpaired) electrons. The minimum atomic E-state index is 0.667. The topological polar surface area (TPSA) is 48.7 Å². The predicted octanol–water partition coefficient (Wildman–Crippen LogP) is 2.94. The zero-order chi connectivity index (χ0) is 11.4. The van der Waals surface area contributed by atoms with Gasteiger partial charge < -0.3 is 5.32 Å². The van der Waals surface area contributed by atoms with Gasteiger partial charge in [-0.25, -0.2) is 4.98 Å². The first-order valence-electron chi connectivity index (χ1n) is 4.93. The van der Waals surface area contributed by atoms with Crippen LogP contribution in [0.5, 0.6) is 0 Å². The lowest BCUT2D eigenvalue weighted by molar-refractivity contribution is 1.08. The number of thiazole rings is 1. The van der Waals surface area contributed by atoms with E-state index in [4.69, 9.17) is 5.26 Å². The Morgan fingerprint density at radius 2 is 2.38 bits per heavy atom. The Balaban J connectivity index is 2.02. The second kappa shape index (κ2) is 4.77. The molecule has 80 valence electrons. The molecule has 0 saturated carbocycles. The van der Waals surface area contributed by atoms with Crippen molar-refractivity contribution in [2.75, 3.05) is 5.32 Å². The van der Waals surface area contributed by atoms with Crippen molar-refractivity contribution in [3.8, 4) is 6.07 Å². The molecule has 3 nitrogen and oxygen atoms in total. The third-order valence-electron chi connectivity index (χ3n) is 2.10. The van der Waals surface area contributed by atoms with Crippen LogP contribution in [0.1, 0.15) is 16.3 Å². The molecule has 1 N–H and O–H groups in total. The maximum atomic E-state index is 8.76. The van der Waals surface area contributed by atoms with Crippen molar-refractivity contribution in [3.63, 3.8) is 0 Å². The van der Waals surface area contributed by atoms with Gasteiger partial charge >= 0.3 is 0 Å². The number of nitrogens with zero attached hydrogens (tertiary/aromatic N) is 2. The van der Waals surface area contributed by atoms with Crippen LogP contribution >= 0.6 is 11.3 Å². The first-order chi connectivity index (χ1) is 7.78. The smallest absolute Gasteiger partial charge is 0.112 e. The minimum absolute atomic E-state index is 0.667. The number of hydrogen-bond acceptors (Lipinski definition) is 4. The fourth-order valence-electron chi connectivity index (χ4n) is 1.36. The van der Waals surface area contributed by atoms with E-state index in [0.29, 0.717) is 12.1 Å². The summed E-state index contributed by atoms with van der Waals surface area (Å²) in [6.45, 7) is 2.68. The Bertz CT molecular complexity index is 525. The van der Waals surface area contributed by atoms with Gasteiger partial charge in [0.05, 0.1) is 18.2 Å². The highest BCUT2D eigenvalue weighted by molar-refractivity contribution is 7.09. The van der Waals surface area contributed by atoms with E-state index < -0.39 is 0 Å². The van der Waals surface area contributed by atoms with Gasteiger partial charge in [-0.3, -0.25) is 0 Å². The molecule has 0 aliphatic carbocycles. The minimum Gasteiger partial charge on any atom is -0.378 e. The summed E-state index contributed by atoms with van der Waals surface area (Å²) in [7, 11) is 0. The molecule has 1 aromatic heterocycles. The summed E-state index contributed by atoms with van der Waals surface area (Å²) < 4.78 is 0. The maximum Gasteiger partial charge on any atom is 0.112 e. The molecule has 4 heteroatoms. The van der Waals surface area contributed by atoms with Crippen LogP contribution in [0, 0.1) is 18.3 Å². The summed E-state index contributed by atoms with van der Waals surface area (Å²) >= 11 is 1.64. The van der Waals surface area contributed by atoms with Crippen LogP contribution < -0.4 is 5.32 Å². The van der Waals surface area contributed by atoms with Crippen molar-refractivity contribution in [1.29, 1.82) is 5.26 Å². The lowest BCUT2D eigenvalue weighted by Gasteiger charge is -2.03. The SMILES string of the molecule is Cc1csc(CNc2cccc(C#N)c2)n1. The number of aryl methyl sites for hydroxylation is 1. The first kappa shape index (κ1) is 10.7. The zero-order valence-corrected chi connectivity index (χ0v) is 9.71. The van der Waals surface area contributed by atoms with Gasteiger partial charge in [-0.15, -0.1) is 11.3 Å². The largest absolute Gasteiger partial charge is 0.378 e. The Morgan fingerprint density at radius 3 is 3.06 bits per heavy atom. The van der Waals surface area contributed by atoms with E-state index in [-0.39, 0.29) is 0 Å². The molecule has 0 bridgehead atoms. The van der Waals surface area contributed by atoms with Crippen LogP contribution in [0.3, 0.4) is 0 Å². The average Bonchev–Trinajstić information content (AvgIpc) is 2.73. The van der Waals surface area contributed by atoms with E-state index in [0.717, 1.165) is 16.4 Å². The van der Waals surface area contributed by atoms with Gasteiger partial charge in [-0.1, -0.05) is 6.07 Å². The number of hydrogen-bond donors (Lipinski definition) is 1. The van der Waals surface area contributed by atoms with Crippen molar-refractivity contribution in [2.45, 2.75) is 13.5 Å². The third kappa shape index (κ3) is 2.59. The molecule has 0 atom stereocenters. The van der Waals surface area contributed by atoms with Crippen molar-refractivity contribution < 1.29 is 0 Å². The van der Waals surface area contributed by atoms with Crippen molar-refractivity contribution >= 4 is 17.0 Å². The van der Waals surface area contributed by atoms with Gasteiger partial charge in [-0.05, 0) is 25.1 Å². The number of nitriles is 1. The molecular weight excluding hydrogens is 218 g/mol. The molecule has 16 heavy (non-hydrogen) atoms. The summed E-state index contributed by atoms with van der Waals surface area (Å²) in [4.78, 5) is 4.36. The molecule has 2 rings (SSSR count). The predicted molar refractivity (Wildman–Crippen MR) is 65.3 cm³/mol. The third-order valence-corrected chi connectivity index (χ3v) is 3.07. The molecule has 0 unspecified atom stereocenters. The van der Waals surface area contributed by atoms with E-state index in [1.807, 2.05) is 30.5 Å². The Kier molecular flexibility index (Phi) is 3.18. The number of nitrogens with one attached hydrogen (secondary N) is 1. The van der Waals surface area contributed by atoms with E-state index in [9.17, 15) is 0 Å². The number of aromatic nitrogens is 1. The molecule has 1 aromatic carbocycles. The Morgan fingerprint density at radius 1 is 1.50 bits per heavy atom. The van der Waals surface area contributed by atoms with E-state index >= 15 is 0 Å². The first-order valence-corrected chi connectivity index (χ1v) is 5.81. The average molecular weight is 229 g/mol. The Labute approximate surface area is 98.4 Å². The molecule has 0 fully saturated rings. The van der Waals surface area contributed by atoms with E-state index in [1.54, 1.807) is 17.4 Å². The lowest BCUT2D eigenvalue weighted by Crippen LogP contribution is -1.98. The molecule has 0 aliphatic rings. The van der Waals surface area contributed by atoms with Crippen LogP contribution in [-0.2, 0) is 6.54 Å². The zero-order valence-electron chi connectivity index (χ0n) is 8.90. The number of rotatable bonds is 3. The summed E-state index contributed by atoms with van der Waals surface area (Å²) in [5.74, 6) is 0. The van der Waals surface area contributed by atoms with Gasteiger partial charge in [0.2, 0.25) is 0 Å². The van der Waals surface area contributed by atoms with Crippen LogP contribution in [0.4, 0.5) is 5.69 Å². The maximum absolute atomic E-state index is 8.76. The standard InChI is InChI=1S/C12H11N3S/c1-9-8-16-12(15-9)7-14-11-4-2-3-10(5-11)6-13/h2-5,8,14H,7H2,1H3. The molecule has 0 amide bonds. The molecule has 0 aliphatic heterocycles. The second-order valence-electron chi connectivity index (χ2n) is 3.43. The number of benzene rings is 1. The van der Waals surface area contributed by atoms with E-state index in [1.165, 1.54) is 0 Å². The quantitative estimate of drug-likeness (QED) is 0.880. The highest BCUT2D eigenvalue weighted by atomic mass is 32.1. The second-order valence-corrected chi connectivity index (χ2v) is 4.37. The van der Waals surface area contributed by atoms with Crippen LogP contribution in [0.2, 0.25) is 0 Å². The van der Waals surface area contributed by atoms with Gasteiger partial charge in [0.25, 0.3) is 0 Å². The molecule has 0 saturated heterocycles. The molecule has 1 heterocycles. The molecular formula is C12H11N3S. The lowest BCUT2D eigenvalue weighted by atomic mass is 10.2. The van der Waals surface area contributed by atoms with Crippen molar-refractivity contribution in [2.24, 2.45) is 0 Å². The molecule has 2 aromatic rings. The Hall–Kier alpha value is -1.86. The number of anilines is 1. The van der Waals surface area contributed by atoms with Crippen molar-refractivity contribution in [3.05, 3.63) is 45.9 Å². The van der Waals surface area contributed by atoms with Gasteiger partial charge in [0.1, 0.15) is 5.01 Å². The fourth-order valence-corrected chi connectivity index (χ4v) is 2.07. The van der Waals surface area contributed by atoms with Gasteiger partial charge in [0, 0.05) is 16.8 Å². The van der Waals surface area contributed by atoms with Crippen LogP contribution in [-0.4, -0.2) is 4.98 Å². The summed E-state index contributed by atoms with van der Waals surface area (Å²) in [6, 6.07) is 9.56. The summed E-state index contributed by atoms with van der Waals surface area (Å²) in [6.07, 6.45) is 0. The summed E-state index contributed by atoms with van der Waals surface area (Å²) in [5.41, 5.74) is 2.67. The normalized spacial score (nSPS) is 9.75.